The van der Waals surface area contributed by atoms with Gasteiger partial charge in [0.1, 0.15) is 11.6 Å². The minimum Gasteiger partial charge on any atom is -0.319 e. The van der Waals surface area contributed by atoms with E-state index in [0.717, 1.165) is 11.0 Å². The lowest BCUT2D eigenvalue weighted by Crippen LogP contribution is -2.29. The number of hydrogen-bond donors (Lipinski definition) is 1. The average molecular weight is 552 g/mol. The van der Waals surface area contributed by atoms with E-state index in [9.17, 15) is 31.9 Å². The summed E-state index contributed by atoms with van der Waals surface area (Å²) in [5.74, 6) is -3.00. The summed E-state index contributed by atoms with van der Waals surface area (Å²) in [7, 11) is 1.51. The molecule has 4 aromatic rings. The molecule has 2 aromatic heterocycles. The van der Waals surface area contributed by atoms with Crippen LogP contribution in [0.4, 0.5) is 23.2 Å². The number of anilines is 1. The Morgan fingerprint density at radius 3 is 2.38 bits per heavy atom. The van der Waals surface area contributed by atoms with Gasteiger partial charge in [0.25, 0.3) is 5.91 Å². The molecule has 1 aliphatic heterocycles. The number of likely N-dealkylation sites (tertiary alicyclic amines) is 1. The fraction of sp³-hybridized carbons (Fsp3) is 0.185. The first-order valence-corrected chi connectivity index (χ1v) is 12.0. The van der Waals surface area contributed by atoms with E-state index >= 15 is 0 Å². The van der Waals surface area contributed by atoms with Crippen LogP contribution in [0.5, 0.6) is 0 Å². The fourth-order valence-electron chi connectivity index (χ4n) is 4.28. The quantitative estimate of drug-likeness (QED) is 0.277. The van der Waals surface area contributed by atoms with Crippen LogP contribution < -0.4 is 5.32 Å². The maximum atomic E-state index is 14.9. The zero-order chi connectivity index (χ0) is 28.6. The third-order valence-corrected chi connectivity index (χ3v) is 6.24. The lowest BCUT2D eigenvalue weighted by molar-refractivity contribution is -0.139. The number of carbonyl (C=O) groups excluding carboxylic acids is 3. The number of nitrogens with zero attached hydrogens (tertiary/aromatic N) is 5. The van der Waals surface area contributed by atoms with Gasteiger partial charge in [0.2, 0.25) is 11.8 Å². The van der Waals surface area contributed by atoms with Gasteiger partial charge in [-0.3, -0.25) is 24.0 Å². The van der Waals surface area contributed by atoms with Crippen LogP contribution in [0.1, 0.15) is 34.6 Å². The van der Waals surface area contributed by atoms with Crippen molar-refractivity contribution in [3.05, 3.63) is 83.7 Å². The van der Waals surface area contributed by atoms with Gasteiger partial charge in [-0.05, 0) is 18.2 Å². The van der Waals surface area contributed by atoms with Crippen molar-refractivity contribution >= 4 is 23.4 Å². The number of benzene rings is 2. The van der Waals surface area contributed by atoms with Crippen LogP contribution in [-0.2, 0) is 29.4 Å². The van der Waals surface area contributed by atoms with E-state index < -0.39 is 34.6 Å². The predicted octanol–water partition coefficient (Wildman–Crippen LogP) is 4.60. The summed E-state index contributed by atoms with van der Waals surface area (Å²) in [5.41, 5.74) is -1.70. The van der Waals surface area contributed by atoms with E-state index in [1.54, 1.807) is 30.3 Å². The van der Waals surface area contributed by atoms with Gasteiger partial charge in [-0.2, -0.15) is 18.3 Å². The third-order valence-electron chi connectivity index (χ3n) is 6.24. The second-order valence-corrected chi connectivity index (χ2v) is 8.99. The molecule has 2 aromatic carbocycles. The lowest BCUT2D eigenvalue weighted by atomic mass is 9.99. The summed E-state index contributed by atoms with van der Waals surface area (Å²) in [6.45, 7) is -0.174. The standard InChI is InChI=1S/C27H20F4N6O3/c1-36-10-9-20(35-36)16-11-17(19(28)12-18(16)27(29,30)31)26(40)33-21-13-32-22(14-37-23(38)7-8-24(37)39)34-25(21)15-5-3-2-4-6-15/h2-6,9-13H,7-8,14H2,1H3,(H,33,40). The van der Waals surface area contributed by atoms with Crippen LogP contribution in [0.3, 0.4) is 0 Å². The highest BCUT2D eigenvalue weighted by molar-refractivity contribution is 6.07. The Labute approximate surface area is 224 Å². The molecule has 0 bridgehead atoms. The maximum Gasteiger partial charge on any atom is 0.417 e. The summed E-state index contributed by atoms with van der Waals surface area (Å²) < 4.78 is 57.3. The molecule has 3 amide bonds. The molecule has 13 heteroatoms. The van der Waals surface area contributed by atoms with Gasteiger partial charge in [0.15, 0.2) is 0 Å². The molecule has 1 N–H and O–H groups in total. The number of aryl methyl sites for hydroxylation is 1. The van der Waals surface area contributed by atoms with Crippen molar-refractivity contribution < 1.29 is 31.9 Å². The third kappa shape index (κ3) is 5.30. The molecule has 0 aliphatic carbocycles. The molecule has 0 unspecified atom stereocenters. The van der Waals surface area contributed by atoms with Gasteiger partial charge in [0, 0.05) is 37.2 Å². The van der Waals surface area contributed by atoms with E-state index in [1.165, 1.54) is 30.2 Å². The van der Waals surface area contributed by atoms with E-state index in [4.69, 9.17) is 0 Å². The number of hydrogen-bond acceptors (Lipinski definition) is 6. The summed E-state index contributed by atoms with van der Waals surface area (Å²) in [4.78, 5) is 46.9. The second kappa shape index (κ2) is 10.3. The molecule has 5 rings (SSSR count). The van der Waals surface area contributed by atoms with Crippen LogP contribution in [-0.4, -0.2) is 42.4 Å². The SMILES string of the molecule is Cn1ccc(-c2cc(C(=O)Nc3cnc(CN4C(=O)CCC4=O)nc3-c3ccccc3)c(F)cc2C(F)(F)F)n1. The molecule has 1 fully saturated rings. The first-order chi connectivity index (χ1) is 19.0. The van der Waals surface area contributed by atoms with Crippen molar-refractivity contribution in [2.45, 2.75) is 25.6 Å². The van der Waals surface area contributed by atoms with Crippen molar-refractivity contribution in [1.82, 2.24) is 24.6 Å². The summed E-state index contributed by atoms with van der Waals surface area (Å²) in [5, 5.41) is 6.46. The van der Waals surface area contributed by atoms with E-state index in [2.05, 4.69) is 20.4 Å². The Kier molecular flexibility index (Phi) is 6.88. The van der Waals surface area contributed by atoms with Crippen molar-refractivity contribution in [1.29, 1.82) is 0 Å². The van der Waals surface area contributed by atoms with Gasteiger partial charge in [-0.25, -0.2) is 14.4 Å². The number of amides is 3. The largest absolute Gasteiger partial charge is 0.417 e. The predicted molar refractivity (Wildman–Crippen MR) is 134 cm³/mol. The lowest BCUT2D eigenvalue weighted by Gasteiger charge is -2.16. The number of rotatable bonds is 6. The Hall–Kier alpha value is -4.94. The fourth-order valence-corrected chi connectivity index (χ4v) is 4.28. The summed E-state index contributed by atoms with van der Waals surface area (Å²) in [6, 6.07) is 10.9. The number of carbonyl (C=O) groups is 3. The van der Waals surface area contributed by atoms with Crippen LogP contribution >= 0.6 is 0 Å². The van der Waals surface area contributed by atoms with Crippen LogP contribution in [0.25, 0.3) is 22.5 Å². The first kappa shape index (κ1) is 26.7. The molecule has 0 atom stereocenters. The molecule has 40 heavy (non-hydrogen) atoms. The highest BCUT2D eigenvalue weighted by atomic mass is 19.4. The Balaban J connectivity index is 1.52. The smallest absolute Gasteiger partial charge is 0.319 e. The molecule has 0 radical (unpaired) electrons. The Bertz CT molecular complexity index is 1620. The molecular weight excluding hydrogens is 532 g/mol. The van der Waals surface area contributed by atoms with E-state index in [0.29, 0.717) is 5.56 Å². The summed E-state index contributed by atoms with van der Waals surface area (Å²) in [6.07, 6.45) is -2.05. The zero-order valence-electron chi connectivity index (χ0n) is 20.9. The molecule has 9 nitrogen and oxygen atoms in total. The minimum absolute atomic E-state index is 0.0395. The molecule has 204 valence electrons. The minimum atomic E-state index is -4.90. The van der Waals surface area contributed by atoms with Crippen molar-refractivity contribution in [2.24, 2.45) is 7.05 Å². The first-order valence-electron chi connectivity index (χ1n) is 12.0. The van der Waals surface area contributed by atoms with E-state index in [1.807, 2.05) is 0 Å². The van der Waals surface area contributed by atoms with Crippen LogP contribution in [0.15, 0.2) is 60.9 Å². The van der Waals surface area contributed by atoms with E-state index in [-0.39, 0.29) is 60.2 Å². The van der Waals surface area contributed by atoms with Crippen molar-refractivity contribution in [3.63, 3.8) is 0 Å². The monoisotopic (exact) mass is 552 g/mol. The van der Waals surface area contributed by atoms with Gasteiger partial charge >= 0.3 is 6.18 Å². The topological polar surface area (TPSA) is 110 Å². The molecule has 3 heterocycles. The van der Waals surface area contributed by atoms with Gasteiger partial charge in [-0.15, -0.1) is 0 Å². The molecule has 0 saturated carbocycles. The summed E-state index contributed by atoms with van der Waals surface area (Å²) >= 11 is 0. The number of imide groups is 1. The zero-order valence-corrected chi connectivity index (χ0v) is 20.9. The molecule has 1 aliphatic rings. The van der Waals surface area contributed by atoms with Gasteiger partial charge < -0.3 is 5.32 Å². The number of nitrogens with one attached hydrogen (secondary N) is 1. The highest BCUT2D eigenvalue weighted by Crippen LogP contribution is 2.38. The van der Waals surface area contributed by atoms with Crippen molar-refractivity contribution in [2.75, 3.05) is 5.32 Å². The molecule has 1 saturated heterocycles. The number of aromatic nitrogens is 4. The normalized spacial score (nSPS) is 13.7. The second-order valence-electron chi connectivity index (χ2n) is 8.99. The van der Waals surface area contributed by atoms with Gasteiger partial charge in [0.05, 0.1) is 40.9 Å². The molecule has 0 spiro atoms. The highest BCUT2D eigenvalue weighted by Gasteiger charge is 2.36. The maximum absolute atomic E-state index is 14.9. The van der Waals surface area contributed by atoms with Crippen LogP contribution in [0, 0.1) is 5.82 Å². The number of alkyl halides is 3. The molecular formula is C27H20F4N6O3. The number of halogens is 4. The van der Waals surface area contributed by atoms with Crippen LogP contribution in [0.2, 0.25) is 0 Å². The Morgan fingerprint density at radius 2 is 1.75 bits per heavy atom. The Morgan fingerprint density at radius 1 is 1.05 bits per heavy atom. The van der Waals surface area contributed by atoms with Crippen molar-refractivity contribution in [3.8, 4) is 22.5 Å². The van der Waals surface area contributed by atoms with Gasteiger partial charge in [-0.1, -0.05) is 30.3 Å². The average Bonchev–Trinajstić information content (AvgIpc) is 3.49.